The first kappa shape index (κ1) is 54.1. The van der Waals surface area contributed by atoms with Crippen molar-refractivity contribution in [2.24, 2.45) is 0 Å². The Bertz CT molecular complexity index is 5890. The molecule has 10 nitrogen and oxygen atoms in total. The maximum absolute atomic E-state index is 6.88. The summed E-state index contributed by atoms with van der Waals surface area (Å²) in [4.78, 5) is 29.7. The van der Waals surface area contributed by atoms with Gasteiger partial charge >= 0.3 is 0 Å². The molecule has 6 aromatic heterocycles. The van der Waals surface area contributed by atoms with Crippen molar-refractivity contribution in [2.45, 2.75) is 0 Å². The van der Waals surface area contributed by atoms with Gasteiger partial charge in [-0.2, -0.15) is 0 Å². The Morgan fingerprint density at radius 3 is 0.904 bits per heavy atom. The molecule has 0 bridgehead atoms. The zero-order valence-corrected chi connectivity index (χ0v) is 50.4. The number of rotatable bonds is 9. The zero-order valence-electron chi connectivity index (χ0n) is 50.4. The van der Waals surface area contributed by atoms with Gasteiger partial charge in [-0.1, -0.05) is 261 Å². The number of nitrogens with zero attached hydrogens (tertiary/aromatic N) is 8. The summed E-state index contributed by atoms with van der Waals surface area (Å²) < 4.78 is 18.4. The molecule has 0 atom stereocenters. The highest BCUT2D eigenvalue weighted by Crippen LogP contribution is 2.44. The fraction of sp³-hybridized carbons (Fsp3) is 0. The first-order chi connectivity index (χ1) is 46.6. The highest BCUT2D eigenvalue weighted by molar-refractivity contribution is 6.16. The summed E-state index contributed by atoms with van der Waals surface area (Å²) in [5.74, 6) is 3.61. The van der Waals surface area contributed by atoms with Gasteiger partial charge in [0.15, 0.2) is 40.5 Å². The first-order valence-electron chi connectivity index (χ1n) is 31.3. The van der Waals surface area contributed by atoms with E-state index in [-0.39, 0.29) is 0 Å². The minimum atomic E-state index is 0.567. The van der Waals surface area contributed by atoms with Gasteiger partial charge in [0.05, 0.1) is 38.9 Å². The first-order valence-corrected chi connectivity index (χ1v) is 31.3. The number of furan rings is 2. The second-order valence-electron chi connectivity index (χ2n) is 23.3. The largest absolute Gasteiger partial charge is 0.455 e. The van der Waals surface area contributed by atoms with Gasteiger partial charge in [0.1, 0.15) is 16.7 Å². The summed E-state index contributed by atoms with van der Waals surface area (Å²) in [5.41, 5.74) is 17.3. The third-order valence-corrected chi connectivity index (χ3v) is 17.7. The summed E-state index contributed by atoms with van der Waals surface area (Å²) >= 11 is 0. The Morgan fingerprint density at radius 1 is 0.202 bits per heavy atom. The van der Waals surface area contributed by atoms with E-state index >= 15 is 0 Å². The van der Waals surface area contributed by atoms with E-state index < -0.39 is 0 Å². The zero-order chi connectivity index (χ0) is 62.1. The van der Waals surface area contributed by atoms with Crippen LogP contribution in [0.25, 0.3) is 178 Å². The molecule has 0 N–H and O–H groups in total. The van der Waals surface area contributed by atoms with Crippen LogP contribution in [0, 0.1) is 0 Å². The molecule has 440 valence electrons. The van der Waals surface area contributed by atoms with E-state index in [1.165, 1.54) is 32.6 Å². The fourth-order valence-electron chi connectivity index (χ4n) is 13.4. The molecule has 94 heavy (non-hydrogen) atoms. The van der Waals surface area contributed by atoms with E-state index in [1.807, 2.05) is 140 Å². The van der Waals surface area contributed by atoms with Crippen molar-refractivity contribution in [3.05, 3.63) is 315 Å². The van der Waals surface area contributed by atoms with Crippen molar-refractivity contribution < 1.29 is 8.83 Å². The van der Waals surface area contributed by atoms with Gasteiger partial charge in [0.2, 0.25) is 0 Å². The van der Waals surface area contributed by atoms with E-state index in [9.17, 15) is 0 Å². The molecule has 0 unspecified atom stereocenters. The van der Waals surface area contributed by atoms with Crippen molar-refractivity contribution in [3.8, 4) is 90.8 Å². The SMILES string of the molecule is c1ccc(-c2nc(-c3ccccc3)nc(-c3cccc4c3oc3c(-c5cccc(-n6c7ccccc7c7ccccc76)c5)cccc34)n2)cc1.c1ccc(-c2nc(-c3ccccc3)nc(-c3cccc4c3oc3c(-n5c6ccccc6c6ccccc65)cccc34)n2)cc1. The van der Waals surface area contributed by atoms with Crippen LogP contribution in [0.2, 0.25) is 0 Å². The van der Waals surface area contributed by atoms with Crippen LogP contribution in [0.4, 0.5) is 0 Å². The highest BCUT2D eigenvalue weighted by Gasteiger charge is 2.24. The molecule has 0 aliphatic heterocycles. The summed E-state index contributed by atoms with van der Waals surface area (Å²) in [6.07, 6.45) is 0. The van der Waals surface area contributed by atoms with Gasteiger partial charge in [-0.3, -0.25) is 0 Å². The molecule has 19 rings (SSSR count). The van der Waals surface area contributed by atoms with E-state index in [2.05, 4.69) is 185 Å². The van der Waals surface area contributed by atoms with Crippen LogP contribution >= 0.6 is 0 Å². The molecule has 19 aromatic rings. The average Bonchev–Trinajstić information content (AvgIpc) is 1.60. The number of aromatic nitrogens is 8. The molecule has 0 saturated carbocycles. The maximum atomic E-state index is 6.88. The van der Waals surface area contributed by atoms with Gasteiger partial charge in [0.25, 0.3) is 0 Å². The van der Waals surface area contributed by atoms with E-state index in [1.54, 1.807) is 0 Å². The van der Waals surface area contributed by atoms with Gasteiger partial charge in [-0.15, -0.1) is 0 Å². The third-order valence-electron chi connectivity index (χ3n) is 17.7. The smallest absolute Gasteiger partial charge is 0.167 e. The minimum absolute atomic E-state index is 0.567. The lowest BCUT2D eigenvalue weighted by Gasteiger charge is -2.10. The van der Waals surface area contributed by atoms with Crippen molar-refractivity contribution >= 4 is 87.5 Å². The Balaban J connectivity index is 0.000000139. The predicted molar refractivity (Wildman–Crippen MR) is 381 cm³/mol. The molecule has 6 heterocycles. The van der Waals surface area contributed by atoms with Crippen LogP contribution < -0.4 is 0 Å². The van der Waals surface area contributed by atoms with Gasteiger partial charge in [0, 0.05) is 76.6 Å². The van der Waals surface area contributed by atoms with Gasteiger partial charge in [-0.05, 0) is 60.2 Å². The standard InChI is InChI=1S/C45H28N4O.C39H24N4O/c1-3-14-29(15-4-1)43-46-44(30-16-5-2-6-17-30)48-45(47-43)38-25-13-24-37-36-23-12-22-33(41(36)50-42(37)38)31-18-11-19-32(28-31)49-39-26-9-7-20-34(39)35-21-8-10-27-40(35)49;1-3-13-25(14-4-1)37-40-38(26-15-5-2-6-16-26)42-39(41-37)31-21-11-19-29-30-20-12-24-34(36(30)44-35(29)31)43-32-22-9-7-17-27(32)28-18-8-10-23-33(28)43/h1-28H;1-24H. The molecule has 0 saturated heterocycles. The predicted octanol–water partition coefficient (Wildman–Crippen LogP) is 21.4. The summed E-state index contributed by atoms with van der Waals surface area (Å²) in [5, 5.41) is 9.02. The van der Waals surface area contributed by atoms with Crippen LogP contribution in [0.5, 0.6) is 0 Å². The Kier molecular flexibility index (Phi) is 13.0. The molecular weight excluding hydrogens is 1150 g/mol. The lowest BCUT2D eigenvalue weighted by atomic mass is 10.0. The second kappa shape index (κ2) is 22.5. The van der Waals surface area contributed by atoms with Crippen LogP contribution in [0.3, 0.4) is 0 Å². The average molecular weight is 1210 g/mol. The molecule has 0 spiro atoms. The van der Waals surface area contributed by atoms with E-state index in [0.29, 0.717) is 34.9 Å². The monoisotopic (exact) mass is 1200 g/mol. The number of hydrogen-bond acceptors (Lipinski definition) is 8. The Morgan fingerprint density at radius 2 is 0.489 bits per heavy atom. The molecule has 0 radical (unpaired) electrons. The van der Waals surface area contributed by atoms with Crippen LogP contribution in [-0.4, -0.2) is 39.0 Å². The summed E-state index contributed by atoms with van der Waals surface area (Å²) in [6.45, 7) is 0. The Labute approximate surface area is 538 Å². The van der Waals surface area contributed by atoms with Crippen molar-refractivity contribution in [3.63, 3.8) is 0 Å². The van der Waals surface area contributed by atoms with Crippen molar-refractivity contribution in [1.29, 1.82) is 0 Å². The molecule has 0 fully saturated rings. The maximum Gasteiger partial charge on any atom is 0.167 e. The Hall–Kier alpha value is -12.9. The quantitative estimate of drug-likeness (QED) is 0.140. The van der Waals surface area contributed by atoms with Crippen molar-refractivity contribution in [1.82, 2.24) is 39.0 Å². The number of benzene rings is 13. The molecule has 0 amide bonds. The lowest BCUT2D eigenvalue weighted by molar-refractivity contribution is 0.667. The highest BCUT2D eigenvalue weighted by atomic mass is 16.3. The molecule has 13 aromatic carbocycles. The topological polar surface area (TPSA) is 113 Å². The number of hydrogen-bond donors (Lipinski definition) is 0. The van der Waals surface area contributed by atoms with E-state index in [4.69, 9.17) is 38.7 Å². The minimum Gasteiger partial charge on any atom is -0.455 e. The lowest BCUT2D eigenvalue weighted by Crippen LogP contribution is -2.00. The fourth-order valence-corrected chi connectivity index (χ4v) is 13.4. The molecule has 0 aliphatic carbocycles. The summed E-state index contributed by atoms with van der Waals surface area (Å²) in [6, 6.07) is 108. The summed E-state index contributed by atoms with van der Waals surface area (Å²) in [7, 11) is 0. The number of para-hydroxylation sites is 8. The van der Waals surface area contributed by atoms with Crippen LogP contribution in [-0.2, 0) is 0 Å². The van der Waals surface area contributed by atoms with Crippen LogP contribution in [0.1, 0.15) is 0 Å². The van der Waals surface area contributed by atoms with E-state index in [0.717, 1.165) is 111 Å². The van der Waals surface area contributed by atoms with Gasteiger partial charge < -0.3 is 18.0 Å². The second-order valence-corrected chi connectivity index (χ2v) is 23.3. The molecular formula is C84H52N8O2. The van der Waals surface area contributed by atoms with Crippen LogP contribution in [0.15, 0.2) is 324 Å². The normalized spacial score (nSPS) is 11.6. The van der Waals surface area contributed by atoms with Crippen molar-refractivity contribution in [2.75, 3.05) is 0 Å². The molecule has 0 aliphatic rings. The molecule has 10 heteroatoms. The van der Waals surface area contributed by atoms with Gasteiger partial charge in [-0.25, -0.2) is 29.9 Å². The number of fused-ring (bicyclic) bond motifs is 12. The third kappa shape index (κ3) is 9.19.